The number of aromatic nitrogens is 2. The van der Waals surface area contributed by atoms with E-state index in [1.165, 1.54) is 16.4 Å². The molecule has 4 aromatic rings. The van der Waals surface area contributed by atoms with Crippen molar-refractivity contribution < 1.29 is 30.7 Å². The van der Waals surface area contributed by atoms with E-state index in [2.05, 4.69) is 14.9 Å². The Morgan fingerprint density at radius 2 is 1.62 bits per heavy atom. The summed E-state index contributed by atoms with van der Waals surface area (Å²) >= 11 is 5.99. The summed E-state index contributed by atoms with van der Waals surface area (Å²) in [6.45, 7) is 0.233. The van der Waals surface area contributed by atoms with Crippen LogP contribution in [-0.4, -0.2) is 42.4 Å². The number of piperidine rings is 1. The van der Waals surface area contributed by atoms with Crippen molar-refractivity contribution in [3.05, 3.63) is 101 Å². The molecule has 1 aromatic heterocycles. The molecular formula is C27H22ClF4N3O3S. The average Bonchev–Trinajstić information content (AvgIpc) is 3.39. The van der Waals surface area contributed by atoms with Gasteiger partial charge < -0.3 is 4.74 Å². The number of H-pyrrole nitrogens is 1. The number of nitrogens with zero attached hydrogens (tertiary/aromatic N) is 2. The summed E-state index contributed by atoms with van der Waals surface area (Å²) in [4.78, 5) is -0.155. The van der Waals surface area contributed by atoms with E-state index in [0.717, 1.165) is 46.8 Å². The molecule has 2 atom stereocenters. The first-order chi connectivity index (χ1) is 18.5. The van der Waals surface area contributed by atoms with Crippen LogP contribution in [0.1, 0.15) is 29.5 Å². The number of hydrogen-bond acceptors (Lipinski definition) is 4. The number of rotatable bonds is 6. The van der Waals surface area contributed by atoms with Gasteiger partial charge in [0, 0.05) is 29.9 Å². The van der Waals surface area contributed by atoms with E-state index in [1.54, 1.807) is 24.3 Å². The SMILES string of the molecule is O=S(=O)(c1ccc(OC(F)(F)F)cc1)N1CCC(c2cc(-c3ccc(Cl)cc3)[nH]n2)C(c2ccc(F)cc2)C1. The molecule has 1 N–H and O–H groups in total. The number of halogens is 5. The van der Waals surface area contributed by atoms with Crippen LogP contribution in [0.2, 0.25) is 5.02 Å². The fraction of sp³-hybridized carbons (Fsp3) is 0.222. The molecular weight excluding hydrogens is 558 g/mol. The van der Waals surface area contributed by atoms with Crippen molar-refractivity contribution in [2.24, 2.45) is 0 Å². The Kier molecular flexibility index (Phi) is 7.41. The Bertz CT molecular complexity index is 1540. The van der Waals surface area contributed by atoms with E-state index < -0.39 is 28.0 Å². The molecule has 0 aliphatic carbocycles. The Morgan fingerprint density at radius 3 is 2.26 bits per heavy atom. The lowest BCUT2D eigenvalue weighted by Gasteiger charge is -2.37. The summed E-state index contributed by atoms with van der Waals surface area (Å²) in [7, 11) is -4.04. The minimum absolute atomic E-state index is 0.0720. The second-order valence-corrected chi connectivity index (χ2v) is 11.5. The van der Waals surface area contributed by atoms with Gasteiger partial charge in [-0.25, -0.2) is 12.8 Å². The standard InChI is InChI=1S/C27H22ClF4N3O3S/c28-19-5-1-18(2-6-19)25-15-26(34-33-25)23-13-14-35(16-24(23)17-3-7-20(29)8-4-17)39(36,37)22-11-9-21(10-12-22)38-27(30,31)32/h1-12,15,23-24H,13-14,16H2,(H,33,34). The van der Waals surface area contributed by atoms with E-state index in [-0.39, 0.29) is 29.8 Å². The third-order valence-electron chi connectivity index (χ3n) is 6.70. The first-order valence-corrected chi connectivity index (χ1v) is 13.7. The minimum Gasteiger partial charge on any atom is -0.406 e. The highest BCUT2D eigenvalue weighted by molar-refractivity contribution is 7.89. The molecule has 0 spiro atoms. The summed E-state index contributed by atoms with van der Waals surface area (Å²) < 4.78 is 83.2. The van der Waals surface area contributed by atoms with Gasteiger partial charge in [0.05, 0.1) is 16.3 Å². The average molecular weight is 580 g/mol. The van der Waals surface area contributed by atoms with Gasteiger partial charge >= 0.3 is 6.36 Å². The molecule has 6 nitrogen and oxygen atoms in total. The molecule has 0 radical (unpaired) electrons. The van der Waals surface area contributed by atoms with Crippen molar-refractivity contribution >= 4 is 21.6 Å². The van der Waals surface area contributed by atoms with Gasteiger partial charge in [-0.2, -0.15) is 9.40 Å². The molecule has 0 bridgehead atoms. The number of ether oxygens (including phenoxy) is 1. The van der Waals surface area contributed by atoms with E-state index in [4.69, 9.17) is 11.6 Å². The number of alkyl halides is 3. The van der Waals surface area contributed by atoms with Crippen molar-refractivity contribution in [2.45, 2.75) is 29.5 Å². The van der Waals surface area contributed by atoms with Crippen molar-refractivity contribution in [2.75, 3.05) is 13.1 Å². The Balaban J connectivity index is 1.43. The molecule has 0 saturated carbocycles. The molecule has 1 aliphatic heterocycles. The van der Waals surface area contributed by atoms with Crippen LogP contribution >= 0.6 is 11.6 Å². The molecule has 1 saturated heterocycles. The summed E-state index contributed by atoms with van der Waals surface area (Å²) in [6, 6.07) is 19.2. The Labute approximate surface area is 227 Å². The maximum atomic E-state index is 13.7. The highest BCUT2D eigenvalue weighted by Gasteiger charge is 2.38. The number of sulfonamides is 1. The zero-order valence-corrected chi connectivity index (χ0v) is 21.8. The van der Waals surface area contributed by atoms with Crippen LogP contribution in [-0.2, 0) is 10.0 Å². The van der Waals surface area contributed by atoms with Gasteiger partial charge in [-0.15, -0.1) is 13.2 Å². The number of aromatic amines is 1. The molecule has 0 amide bonds. The monoisotopic (exact) mass is 579 g/mol. The maximum Gasteiger partial charge on any atom is 0.573 e. The lowest BCUT2D eigenvalue weighted by atomic mass is 9.79. The van der Waals surface area contributed by atoms with Crippen molar-refractivity contribution in [1.29, 1.82) is 0 Å². The van der Waals surface area contributed by atoms with E-state index in [0.29, 0.717) is 11.4 Å². The fourth-order valence-corrected chi connectivity index (χ4v) is 6.42. The number of hydrogen-bond donors (Lipinski definition) is 1. The lowest BCUT2D eigenvalue weighted by molar-refractivity contribution is -0.274. The van der Waals surface area contributed by atoms with E-state index >= 15 is 0 Å². The summed E-state index contributed by atoms with van der Waals surface area (Å²) in [5, 5.41) is 8.14. The smallest absolute Gasteiger partial charge is 0.406 e. The zero-order valence-electron chi connectivity index (χ0n) is 20.2. The number of benzene rings is 3. The van der Waals surface area contributed by atoms with Gasteiger partial charge in [0.15, 0.2) is 0 Å². The van der Waals surface area contributed by atoms with Crippen LogP contribution in [0.15, 0.2) is 83.8 Å². The largest absolute Gasteiger partial charge is 0.573 e. The topological polar surface area (TPSA) is 75.3 Å². The minimum atomic E-state index is -4.88. The van der Waals surface area contributed by atoms with E-state index in [1.807, 2.05) is 18.2 Å². The molecule has 1 fully saturated rings. The Morgan fingerprint density at radius 1 is 0.949 bits per heavy atom. The van der Waals surface area contributed by atoms with Gasteiger partial charge in [-0.1, -0.05) is 35.9 Å². The lowest BCUT2D eigenvalue weighted by Crippen LogP contribution is -2.42. The molecule has 12 heteroatoms. The van der Waals surface area contributed by atoms with Crippen molar-refractivity contribution in [3.8, 4) is 17.0 Å². The highest BCUT2D eigenvalue weighted by Crippen LogP contribution is 2.41. The van der Waals surface area contributed by atoms with Crippen LogP contribution in [0, 0.1) is 5.82 Å². The second kappa shape index (κ2) is 10.6. The van der Waals surface area contributed by atoms with Crippen LogP contribution in [0.3, 0.4) is 0 Å². The van der Waals surface area contributed by atoms with Gasteiger partial charge in [-0.3, -0.25) is 5.10 Å². The molecule has 5 rings (SSSR count). The molecule has 2 heterocycles. The van der Waals surface area contributed by atoms with Gasteiger partial charge in [0.25, 0.3) is 0 Å². The van der Waals surface area contributed by atoms with E-state index in [9.17, 15) is 26.0 Å². The summed E-state index contributed by atoms with van der Waals surface area (Å²) in [5.41, 5.74) is 3.14. The third kappa shape index (κ3) is 6.10. The normalized spacial score (nSPS) is 18.7. The third-order valence-corrected chi connectivity index (χ3v) is 8.83. The Hall–Kier alpha value is -3.41. The van der Waals surface area contributed by atoms with Crippen LogP contribution in [0.5, 0.6) is 5.75 Å². The predicted octanol–water partition coefficient (Wildman–Crippen LogP) is 6.73. The van der Waals surface area contributed by atoms with Crippen molar-refractivity contribution in [3.63, 3.8) is 0 Å². The highest BCUT2D eigenvalue weighted by atomic mass is 35.5. The number of nitrogens with one attached hydrogen (secondary N) is 1. The summed E-state index contributed by atoms with van der Waals surface area (Å²) in [5.74, 6) is -1.47. The van der Waals surface area contributed by atoms with Gasteiger partial charge in [0.2, 0.25) is 10.0 Å². The van der Waals surface area contributed by atoms with Crippen LogP contribution in [0.4, 0.5) is 17.6 Å². The molecule has 1 aliphatic rings. The zero-order chi connectivity index (χ0) is 27.8. The van der Waals surface area contributed by atoms with Gasteiger partial charge in [0.1, 0.15) is 11.6 Å². The summed E-state index contributed by atoms with van der Waals surface area (Å²) in [6.07, 6.45) is -4.47. The molecule has 204 valence electrons. The fourth-order valence-electron chi connectivity index (χ4n) is 4.81. The quantitative estimate of drug-likeness (QED) is 0.257. The second-order valence-electron chi connectivity index (χ2n) is 9.15. The first kappa shape index (κ1) is 27.2. The molecule has 39 heavy (non-hydrogen) atoms. The molecule has 3 aromatic carbocycles. The molecule has 2 unspecified atom stereocenters. The maximum absolute atomic E-state index is 13.7. The van der Waals surface area contributed by atoms with Crippen LogP contribution < -0.4 is 4.74 Å². The van der Waals surface area contributed by atoms with Crippen LogP contribution in [0.25, 0.3) is 11.3 Å². The van der Waals surface area contributed by atoms with Crippen molar-refractivity contribution in [1.82, 2.24) is 14.5 Å². The predicted molar refractivity (Wildman–Crippen MR) is 137 cm³/mol. The van der Waals surface area contributed by atoms with Gasteiger partial charge in [-0.05, 0) is 72.1 Å². The first-order valence-electron chi connectivity index (χ1n) is 11.9.